The second-order valence-corrected chi connectivity index (χ2v) is 9.95. The molecule has 0 spiro atoms. The summed E-state index contributed by atoms with van der Waals surface area (Å²) in [6.45, 7) is -0.888. The molecule has 216 valence electrons. The van der Waals surface area contributed by atoms with Gasteiger partial charge in [-0.15, -0.1) is 0 Å². The molecule has 0 aliphatic rings. The first-order chi connectivity index (χ1) is 19.1. The Morgan fingerprint density at radius 1 is 0.800 bits per heavy atom. The zero-order valence-electron chi connectivity index (χ0n) is 22.1. The minimum atomic E-state index is -1.18. The number of carboxylic acids is 1. The first kappa shape index (κ1) is 32.1. The van der Waals surface area contributed by atoms with Crippen molar-refractivity contribution in [3.8, 4) is 5.75 Å². The molecule has 0 aromatic heterocycles. The van der Waals surface area contributed by atoms with Crippen molar-refractivity contribution in [2.45, 2.75) is 37.4 Å². The molecule has 0 unspecified atom stereocenters. The Labute approximate surface area is 236 Å². The van der Waals surface area contributed by atoms with Gasteiger partial charge in [0.15, 0.2) is 0 Å². The van der Waals surface area contributed by atoms with Gasteiger partial charge < -0.3 is 37.2 Å². The van der Waals surface area contributed by atoms with Crippen LogP contribution in [-0.4, -0.2) is 83.0 Å². The molecule has 0 heterocycles. The molecule has 12 nitrogen and oxygen atoms in total. The van der Waals surface area contributed by atoms with Crippen molar-refractivity contribution in [1.29, 1.82) is 0 Å². The highest BCUT2D eigenvalue weighted by atomic mass is 32.2. The van der Waals surface area contributed by atoms with Crippen molar-refractivity contribution in [2.24, 2.45) is 5.73 Å². The Kier molecular flexibility index (Phi) is 13.5. The number of carbonyl (C=O) groups excluding carboxylic acids is 4. The van der Waals surface area contributed by atoms with E-state index >= 15 is 0 Å². The van der Waals surface area contributed by atoms with Crippen molar-refractivity contribution < 1.29 is 34.2 Å². The Balaban J connectivity index is 1.88. The number of benzene rings is 2. The summed E-state index contributed by atoms with van der Waals surface area (Å²) >= 11 is 1.45. The van der Waals surface area contributed by atoms with Crippen LogP contribution >= 0.6 is 11.8 Å². The molecule has 2 aromatic carbocycles. The molecule has 0 saturated carbocycles. The third kappa shape index (κ3) is 11.7. The summed E-state index contributed by atoms with van der Waals surface area (Å²) in [5.74, 6) is -3.11. The number of phenols is 1. The highest BCUT2D eigenvalue weighted by Crippen LogP contribution is 2.11. The van der Waals surface area contributed by atoms with Crippen molar-refractivity contribution in [3.63, 3.8) is 0 Å². The summed E-state index contributed by atoms with van der Waals surface area (Å²) in [6.07, 6.45) is 2.34. The summed E-state index contributed by atoms with van der Waals surface area (Å²) in [6, 6.07) is 12.0. The topological polar surface area (TPSA) is 200 Å². The Hall–Kier alpha value is -4.10. The number of carbonyl (C=O) groups is 5. The van der Waals surface area contributed by atoms with Crippen LogP contribution in [0.25, 0.3) is 0 Å². The number of hydrogen-bond donors (Lipinski definition) is 7. The SMILES string of the molecule is CSCC[C@H](NC(=O)[C@@H](Cc1ccccc1)NC(=O)CNC(=O)CNC(=O)[C@@H](N)Cc1ccc(O)cc1)C(=O)O. The molecular formula is C27H35N5O7S. The molecule has 0 saturated heterocycles. The van der Waals surface area contributed by atoms with E-state index in [9.17, 15) is 34.2 Å². The largest absolute Gasteiger partial charge is 0.508 e. The van der Waals surface area contributed by atoms with E-state index in [1.54, 1.807) is 42.5 Å². The van der Waals surface area contributed by atoms with Gasteiger partial charge in [0.05, 0.1) is 19.1 Å². The molecule has 40 heavy (non-hydrogen) atoms. The first-order valence-electron chi connectivity index (χ1n) is 12.5. The molecule has 0 aliphatic carbocycles. The molecule has 13 heteroatoms. The first-order valence-corrected chi connectivity index (χ1v) is 13.9. The Bertz CT molecular complexity index is 1150. The lowest BCUT2D eigenvalue weighted by Crippen LogP contribution is -2.54. The number of amides is 4. The van der Waals surface area contributed by atoms with Crippen LogP contribution < -0.4 is 27.0 Å². The Morgan fingerprint density at radius 3 is 2.05 bits per heavy atom. The van der Waals surface area contributed by atoms with Crippen LogP contribution in [0.5, 0.6) is 5.75 Å². The van der Waals surface area contributed by atoms with Gasteiger partial charge in [-0.2, -0.15) is 11.8 Å². The van der Waals surface area contributed by atoms with Gasteiger partial charge >= 0.3 is 5.97 Å². The van der Waals surface area contributed by atoms with E-state index in [0.29, 0.717) is 5.75 Å². The summed E-state index contributed by atoms with van der Waals surface area (Å²) in [4.78, 5) is 61.5. The molecule has 4 amide bonds. The number of aliphatic carboxylic acids is 1. The average Bonchev–Trinajstić information content (AvgIpc) is 2.93. The van der Waals surface area contributed by atoms with Gasteiger partial charge in [0.1, 0.15) is 17.8 Å². The van der Waals surface area contributed by atoms with Gasteiger partial charge in [0.2, 0.25) is 23.6 Å². The highest BCUT2D eigenvalue weighted by molar-refractivity contribution is 7.98. The van der Waals surface area contributed by atoms with E-state index in [-0.39, 0.29) is 25.0 Å². The van der Waals surface area contributed by atoms with E-state index in [0.717, 1.165) is 11.1 Å². The van der Waals surface area contributed by atoms with Crippen molar-refractivity contribution in [2.75, 3.05) is 25.1 Å². The molecular weight excluding hydrogens is 538 g/mol. The molecule has 0 bridgehead atoms. The number of carboxylic acid groups (broad SMARTS) is 1. The lowest BCUT2D eigenvalue weighted by molar-refractivity contribution is -0.142. The number of nitrogens with one attached hydrogen (secondary N) is 4. The molecule has 0 fully saturated rings. The van der Waals surface area contributed by atoms with Crippen LogP contribution in [0.3, 0.4) is 0 Å². The standard InChI is InChI=1S/C27H35N5O7S/c1-40-12-11-21(27(38)39)32-26(37)22(14-17-5-3-2-4-6-17)31-24(35)16-29-23(34)15-30-25(36)20(28)13-18-7-9-19(33)10-8-18/h2-10,20-22,33H,11-16,28H2,1H3,(H,29,34)(H,30,36)(H,31,35)(H,32,37)(H,38,39)/t20-,21-,22+/m0/s1. The van der Waals surface area contributed by atoms with Crippen LogP contribution in [-0.2, 0) is 36.8 Å². The predicted molar refractivity (Wildman–Crippen MR) is 150 cm³/mol. The fourth-order valence-corrected chi connectivity index (χ4v) is 4.06. The fraction of sp³-hybridized carbons (Fsp3) is 0.370. The Morgan fingerprint density at radius 2 is 1.43 bits per heavy atom. The zero-order valence-corrected chi connectivity index (χ0v) is 22.9. The maximum Gasteiger partial charge on any atom is 0.326 e. The van der Waals surface area contributed by atoms with Crippen molar-refractivity contribution in [3.05, 3.63) is 65.7 Å². The molecule has 2 rings (SSSR count). The summed E-state index contributed by atoms with van der Waals surface area (Å²) in [5.41, 5.74) is 7.35. The molecule has 2 aromatic rings. The van der Waals surface area contributed by atoms with E-state index in [4.69, 9.17) is 5.73 Å². The van der Waals surface area contributed by atoms with Crippen LogP contribution in [0.1, 0.15) is 17.5 Å². The highest BCUT2D eigenvalue weighted by Gasteiger charge is 2.27. The number of phenolic OH excluding ortho intramolecular Hbond substituents is 1. The lowest BCUT2D eigenvalue weighted by atomic mass is 10.0. The van der Waals surface area contributed by atoms with Crippen LogP contribution in [0.4, 0.5) is 0 Å². The van der Waals surface area contributed by atoms with Gasteiger partial charge in [-0.3, -0.25) is 19.2 Å². The second-order valence-electron chi connectivity index (χ2n) is 8.96. The van der Waals surface area contributed by atoms with Crippen LogP contribution in [0.2, 0.25) is 0 Å². The molecule has 8 N–H and O–H groups in total. The average molecular weight is 574 g/mol. The maximum absolute atomic E-state index is 12.9. The van der Waals surface area contributed by atoms with Crippen LogP contribution in [0.15, 0.2) is 54.6 Å². The molecule has 0 aliphatic heterocycles. The minimum absolute atomic E-state index is 0.0881. The van der Waals surface area contributed by atoms with Crippen molar-refractivity contribution >= 4 is 41.4 Å². The summed E-state index contributed by atoms with van der Waals surface area (Å²) < 4.78 is 0. The maximum atomic E-state index is 12.9. The van der Waals surface area contributed by atoms with Gasteiger partial charge in [-0.25, -0.2) is 4.79 Å². The smallest absolute Gasteiger partial charge is 0.326 e. The van der Waals surface area contributed by atoms with Gasteiger partial charge in [0.25, 0.3) is 0 Å². The third-order valence-corrected chi connectivity index (χ3v) is 6.40. The number of thioether (sulfide) groups is 1. The lowest BCUT2D eigenvalue weighted by Gasteiger charge is -2.22. The quantitative estimate of drug-likeness (QED) is 0.139. The number of rotatable bonds is 16. The van der Waals surface area contributed by atoms with Crippen molar-refractivity contribution in [1.82, 2.24) is 21.3 Å². The molecule has 3 atom stereocenters. The van der Waals surface area contributed by atoms with Gasteiger partial charge in [-0.05, 0) is 48.1 Å². The van der Waals surface area contributed by atoms with E-state index < -0.39 is 60.8 Å². The predicted octanol–water partition coefficient (Wildman–Crippen LogP) is -0.456. The summed E-state index contributed by atoms with van der Waals surface area (Å²) in [7, 11) is 0. The molecule has 0 radical (unpaired) electrons. The zero-order chi connectivity index (χ0) is 29.5. The third-order valence-electron chi connectivity index (χ3n) is 5.76. The van der Waals surface area contributed by atoms with Crippen LogP contribution in [0, 0.1) is 0 Å². The second kappa shape index (κ2) is 16.8. The van der Waals surface area contributed by atoms with Gasteiger partial charge in [0, 0.05) is 6.42 Å². The van der Waals surface area contributed by atoms with E-state index in [1.165, 1.54) is 23.9 Å². The number of hydrogen-bond acceptors (Lipinski definition) is 8. The monoisotopic (exact) mass is 573 g/mol. The van der Waals surface area contributed by atoms with E-state index in [2.05, 4.69) is 21.3 Å². The number of nitrogens with two attached hydrogens (primary N) is 1. The normalized spacial score (nSPS) is 12.8. The fourth-order valence-electron chi connectivity index (χ4n) is 3.59. The summed E-state index contributed by atoms with van der Waals surface area (Å²) in [5, 5.41) is 28.6. The van der Waals surface area contributed by atoms with E-state index in [1.807, 2.05) is 6.26 Å². The minimum Gasteiger partial charge on any atom is -0.508 e. The van der Waals surface area contributed by atoms with Gasteiger partial charge in [-0.1, -0.05) is 42.5 Å². The number of aromatic hydroxyl groups is 1.